The molecule has 2 aromatic carbocycles. The van der Waals surface area contributed by atoms with E-state index in [0.717, 1.165) is 16.8 Å². The number of rotatable bonds is 5. The molecule has 0 spiro atoms. The Balaban J connectivity index is 1.70. The lowest BCUT2D eigenvalue weighted by Gasteiger charge is -2.18. The van der Waals surface area contributed by atoms with Gasteiger partial charge in [0.25, 0.3) is 5.56 Å². The molecule has 5 nitrogen and oxygen atoms in total. The molecule has 1 unspecified atom stereocenters. The monoisotopic (exact) mass is 421 g/mol. The van der Waals surface area contributed by atoms with E-state index in [1.165, 1.54) is 27.7 Å². The van der Waals surface area contributed by atoms with E-state index in [9.17, 15) is 9.59 Å². The summed E-state index contributed by atoms with van der Waals surface area (Å²) < 4.78 is 2.13. The van der Waals surface area contributed by atoms with Gasteiger partial charge >= 0.3 is 0 Å². The normalized spacial score (nSPS) is 12.1. The fourth-order valence-corrected chi connectivity index (χ4v) is 4.79. The highest BCUT2D eigenvalue weighted by Gasteiger charge is 2.25. The Labute approximate surface area is 176 Å². The van der Waals surface area contributed by atoms with Crippen molar-refractivity contribution in [2.24, 2.45) is 7.05 Å². The van der Waals surface area contributed by atoms with Crippen LogP contribution in [-0.2, 0) is 11.8 Å². The zero-order chi connectivity index (χ0) is 20.4. The Kier molecular flexibility index (Phi) is 5.51. The van der Waals surface area contributed by atoms with Crippen molar-refractivity contribution in [3.05, 3.63) is 87.5 Å². The number of thioether (sulfide) groups is 1. The van der Waals surface area contributed by atoms with E-state index in [4.69, 9.17) is 0 Å². The summed E-state index contributed by atoms with van der Waals surface area (Å²) in [5.41, 5.74) is 3.27. The standard InChI is InChI=1S/C22H19N3O2S2/c1-14-8-10-16(11-9-14)23-20(26)18(15-6-4-3-5-7-15)29-22-24-17-12-13-28-19(17)21(27)25(22)2/h3-13,18H,1-2H3,(H,23,26). The van der Waals surface area contributed by atoms with E-state index >= 15 is 0 Å². The fraction of sp³-hybridized carbons (Fsp3) is 0.136. The van der Waals surface area contributed by atoms with E-state index < -0.39 is 5.25 Å². The highest BCUT2D eigenvalue weighted by molar-refractivity contribution is 8.00. The lowest BCUT2D eigenvalue weighted by Crippen LogP contribution is -2.23. The number of nitrogens with one attached hydrogen (secondary N) is 1. The maximum absolute atomic E-state index is 13.2. The summed E-state index contributed by atoms with van der Waals surface area (Å²) in [6.07, 6.45) is 0. The van der Waals surface area contributed by atoms with Crippen LogP contribution >= 0.6 is 23.1 Å². The third-order valence-corrected chi connectivity index (χ3v) is 6.72. The number of benzene rings is 2. The van der Waals surface area contributed by atoms with Gasteiger partial charge in [0, 0.05) is 12.7 Å². The van der Waals surface area contributed by atoms with Crippen LogP contribution in [0.25, 0.3) is 10.2 Å². The zero-order valence-corrected chi connectivity index (χ0v) is 17.6. The molecule has 2 heterocycles. The molecule has 0 aliphatic carbocycles. The predicted octanol–water partition coefficient (Wildman–Crippen LogP) is 4.78. The van der Waals surface area contributed by atoms with Crippen LogP contribution in [0, 0.1) is 6.92 Å². The second-order valence-electron chi connectivity index (χ2n) is 6.66. The van der Waals surface area contributed by atoms with Crippen LogP contribution < -0.4 is 10.9 Å². The van der Waals surface area contributed by atoms with Gasteiger partial charge in [0.1, 0.15) is 9.95 Å². The van der Waals surface area contributed by atoms with E-state index in [1.807, 2.05) is 73.0 Å². The van der Waals surface area contributed by atoms with Crippen molar-refractivity contribution in [1.29, 1.82) is 0 Å². The van der Waals surface area contributed by atoms with Gasteiger partial charge in [-0.2, -0.15) is 0 Å². The van der Waals surface area contributed by atoms with Crippen molar-refractivity contribution < 1.29 is 4.79 Å². The van der Waals surface area contributed by atoms with Crippen LogP contribution in [0.2, 0.25) is 0 Å². The van der Waals surface area contributed by atoms with Crippen molar-refractivity contribution in [3.63, 3.8) is 0 Å². The first kappa shape index (κ1) is 19.4. The lowest BCUT2D eigenvalue weighted by molar-refractivity contribution is -0.115. The molecule has 0 saturated carbocycles. The highest BCUT2D eigenvalue weighted by atomic mass is 32.2. The van der Waals surface area contributed by atoms with Crippen LogP contribution in [0.5, 0.6) is 0 Å². The quantitative estimate of drug-likeness (QED) is 0.372. The zero-order valence-electron chi connectivity index (χ0n) is 16.0. The molecule has 1 atom stereocenters. The Morgan fingerprint density at radius 2 is 1.83 bits per heavy atom. The molecule has 0 saturated heterocycles. The second-order valence-corrected chi connectivity index (χ2v) is 8.65. The summed E-state index contributed by atoms with van der Waals surface area (Å²) in [6.45, 7) is 2.00. The number of hydrogen-bond acceptors (Lipinski definition) is 5. The summed E-state index contributed by atoms with van der Waals surface area (Å²) in [6, 6.07) is 19.0. The first-order valence-corrected chi connectivity index (χ1v) is 10.8. The maximum atomic E-state index is 13.2. The van der Waals surface area contributed by atoms with Gasteiger partial charge in [0.05, 0.1) is 5.52 Å². The molecule has 4 rings (SSSR count). The molecular weight excluding hydrogens is 402 g/mol. The third kappa shape index (κ3) is 4.11. The third-order valence-electron chi connectivity index (χ3n) is 4.53. The Morgan fingerprint density at radius 3 is 2.55 bits per heavy atom. The minimum atomic E-state index is -0.549. The molecule has 4 aromatic rings. The number of fused-ring (bicyclic) bond motifs is 1. The predicted molar refractivity (Wildman–Crippen MR) is 120 cm³/mol. The number of nitrogens with zero attached hydrogens (tertiary/aromatic N) is 2. The fourth-order valence-electron chi connectivity index (χ4n) is 2.92. The van der Waals surface area contributed by atoms with E-state index in [0.29, 0.717) is 15.4 Å². The van der Waals surface area contributed by atoms with Gasteiger partial charge in [-0.25, -0.2) is 4.98 Å². The molecule has 0 aliphatic rings. The molecule has 29 heavy (non-hydrogen) atoms. The molecule has 146 valence electrons. The Bertz CT molecular complexity index is 1210. The summed E-state index contributed by atoms with van der Waals surface area (Å²) in [5, 5.41) is 4.79. The van der Waals surface area contributed by atoms with Crippen LogP contribution in [0.15, 0.2) is 76.0 Å². The van der Waals surface area contributed by atoms with Crippen molar-refractivity contribution in [2.45, 2.75) is 17.3 Å². The van der Waals surface area contributed by atoms with Gasteiger partial charge < -0.3 is 5.32 Å². The van der Waals surface area contributed by atoms with Gasteiger partial charge in [-0.05, 0) is 36.1 Å². The summed E-state index contributed by atoms with van der Waals surface area (Å²) in [4.78, 5) is 30.4. The molecule has 0 radical (unpaired) electrons. The van der Waals surface area contributed by atoms with Crippen LogP contribution in [0.1, 0.15) is 16.4 Å². The number of aryl methyl sites for hydroxylation is 1. The van der Waals surface area contributed by atoms with Crippen LogP contribution in [0.4, 0.5) is 5.69 Å². The van der Waals surface area contributed by atoms with Crippen molar-refractivity contribution in [1.82, 2.24) is 9.55 Å². The largest absolute Gasteiger partial charge is 0.325 e. The number of hydrogen-bond donors (Lipinski definition) is 1. The number of anilines is 1. The minimum Gasteiger partial charge on any atom is -0.325 e. The van der Waals surface area contributed by atoms with E-state index in [2.05, 4.69) is 10.3 Å². The second kappa shape index (κ2) is 8.23. The number of carbonyl (C=O) groups is 1. The van der Waals surface area contributed by atoms with Crippen LogP contribution in [-0.4, -0.2) is 15.5 Å². The molecule has 1 amide bonds. The number of aromatic nitrogens is 2. The van der Waals surface area contributed by atoms with Crippen molar-refractivity contribution in [2.75, 3.05) is 5.32 Å². The molecule has 0 fully saturated rings. The topological polar surface area (TPSA) is 64.0 Å². The number of amides is 1. The smallest absolute Gasteiger partial charge is 0.271 e. The number of carbonyl (C=O) groups excluding carboxylic acids is 1. The van der Waals surface area contributed by atoms with Crippen molar-refractivity contribution >= 4 is 44.9 Å². The Hall–Kier alpha value is -2.90. The SMILES string of the molecule is Cc1ccc(NC(=O)C(Sc2nc3ccsc3c(=O)n2C)c2ccccc2)cc1. The van der Waals surface area contributed by atoms with Crippen LogP contribution in [0.3, 0.4) is 0 Å². The first-order chi connectivity index (χ1) is 14.0. The maximum Gasteiger partial charge on any atom is 0.271 e. The molecule has 7 heteroatoms. The highest BCUT2D eigenvalue weighted by Crippen LogP contribution is 2.35. The Morgan fingerprint density at radius 1 is 1.10 bits per heavy atom. The molecule has 1 N–H and O–H groups in total. The van der Waals surface area contributed by atoms with Gasteiger partial charge in [0.2, 0.25) is 5.91 Å². The van der Waals surface area contributed by atoms with Gasteiger partial charge in [-0.1, -0.05) is 59.8 Å². The molecule has 0 aliphatic heterocycles. The van der Waals surface area contributed by atoms with Gasteiger partial charge in [-0.3, -0.25) is 14.2 Å². The van der Waals surface area contributed by atoms with E-state index in [-0.39, 0.29) is 11.5 Å². The average Bonchev–Trinajstić information content (AvgIpc) is 3.20. The summed E-state index contributed by atoms with van der Waals surface area (Å²) in [5.74, 6) is -0.162. The van der Waals surface area contributed by atoms with Gasteiger partial charge in [-0.15, -0.1) is 11.3 Å². The first-order valence-electron chi connectivity index (χ1n) is 9.06. The van der Waals surface area contributed by atoms with Crippen molar-refractivity contribution in [3.8, 4) is 0 Å². The number of thiophene rings is 1. The molecule has 2 aromatic heterocycles. The lowest BCUT2D eigenvalue weighted by atomic mass is 10.1. The van der Waals surface area contributed by atoms with Gasteiger partial charge in [0.15, 0.2) is 5.16 Å². The molecule has 0 bridgehead atoms. The van der Waals surface area contributed by atoms with E-state index in [1.54, 1.807) is 7.05 Å². The average molecular weight is 422 g/mol. The minimum absolute atomic E-state index is 0.0988. The summed E-state index contributed by atoms with van der Waals surface area (Å²) >= 11 is 2.65. The molecular formula is C22H19N3O2S2. The summed E-state index contributed by atoms with van der Waals surface area (Å²) in [7, 11) is 1.69.